The van der Waals surface area contributed by atoms with Gasteiger partial charge >= 0.3 is 5.97 Å². The SMILES string of the molecule is CC(=O)NCCCC[C@@H]1NC(=O)[C@H](Cc2c[nH]c3c(C)cccc23)NC(=O)[C@H]([C@@H](C)O)NC(=O)[C@H](CC(N)=O)NC(=O)C(NC(C)=O)C(C)(C)SSC(C)(C)[C@@H](C(=O)N[C@@H](Cc2ccc(OCCN)cc2)C(=O)N[C@@H](Cc2ccc3ccccc3c2)C(=O)NC2(C(=O)N[C@@H](CCC(=O)O)C(=O)N[C@@H](CC(N)=O)C(=O)N[C@@H](Cc3cccnc3)C(=O)N(C)CC(N)=O)CCOCC2)NC1=O. The Balaban J connectivity index is 1.22. The number of ether oxygens (including phenoxy) is 2. The number of H-pyrrole nitrogens is 1. The van der Waals surface area contributed by atoms with Gasteiger partial charge in [0.05, 0.1) is 25.5 Å². The van der Waals surface area contributed by atoms with Crippen LogP contribution in [0.5, 0.6) is 5.75 Å². The van der Waals surface area contributed by atoms with Gasteiger partial charge in [-0.1, -0.05) is 100 Å². The maximum atomic E-state index is 16.4. The van der Waals surface area contributed by atoms with Crippen molar-refractivity contribution in [2.45, 2.75) is 226 Å². The van der Waals surface area contributed by atoms with Crippen LogP contribution in [-0.2, 0) is 117 Å². The van der Waals surface area contributed by atoms with Crippen LogP contribution in [-0.4, -0.2) is 266 Å². The van der Waals surface area contributed by atoms with E-state index in [1.165, 1.54) is 54.1 Å². The summed E-state index contributed by atoms with van der Waals surface area (Å²) in [5.74, 6) is -18.6. The van der Waals surface area contributed by atoms with Gasteiger partial charge in [0.2, 0.25) is 100 Å². The predicted molar refractivity (Wildman–Crippen MR) is 494 cm³/mol. The van der Waals surface area contributed by atoms with E-state index in [1.54, 1.807) is 91.1 Å². The number of carboxylic acid groups (broad SMARTS) is 1. The van der Waals surface area contributed by atoms with Gasteiger partial charge in [-0.15, -0.1) is 0 Å². The Morgan fingerprint density at radius 2 is 1.24 bits per heavy atom. The number of amides is 17. The largest absolute Gasteiger partial charge is 0.492 e. The first kappa shape index (κ1) is 106. The molecule has 0 bridgehead atoms. The Morgan fingerprint density at radius 1 is 0.627 bits per heavy atom. The number of aliphatic carboxylic acids is 1. The van der Waals surface area contributed by atoms with E-state index in [0.717, 1.165) is 51.3 Å². The first-order valence-corrected chi connectivity index (χ1v) is 45.7. The average molecular weight is 1900 g/mol. The number of rotatable bonds is 40. The molecule has 4 heterocycles. The van der Waals surface area contributed by atoms with Crippen LogP contribution in [0, 0.1) is 6.92 Å². The summed E-state index contributed by atoms with van der Waals surface area (Å²) >= 11 is 0. The standard InChI is InChI=1S/C90H120N20O22S2/c1-48-16-14-20-59-57(46-97-72(48)59)42-64-79(122)99-60(21-12-13-34-96-50(3)112)77(120)108-75(89(7,8)134-133-88(5,6)74(98-51(4)113)84(127)104-66(44-69(93)115)81(124)107-73(49(2)111)83(126)102-64)85(128)103-62(39-52-23-26-58(27-24-52)132-37-32-91)78(121)100-63(40-53-22-25-55-18-10-11-19-56(55)38-53)82(125)109-90(30-35-131-36-31-90)87(130)106-61(28-29-71(117)118)76(119)101-65(43-68(92)114)80(123)105-67(41-54-17-15-33-95-45-54)86(129)110(9)47-70(94)116/h10-11,14-20,22-27,33,38,45-46,49,60-67,73-75,97,111H,12-13,21,28-32,34-37,39-44,47,91H2,1-9H3,(H2,92,114)(H2,93,115)(H2,94,116)(H,96,112)(H,98,113)(H,99,122)(H,100,121)(H,101,119)(H,102,126)(H,103,128)(H,104,127)(H,105,123)(H,106,130)(H,107,124)(H,108,120)(H,109,125)(H,117,118)/t49-,60+,61+,62+,63+,64+,65+,66+,67+,73+,74?,75-/m1/s1. The van der Waals surface area contributed by atoms with Gasteiger partial charge in [0, 0.05) is 131 Å². The highest BCUT2D eigenvalue weighted by Crippen LogP contribution is 2.47. The van der Waals surface area contributed by atoms with E-state index in [2.05, 4.69) is 79.1 Å². The number of pyridine rings is 1. The van der Waals surface area contributed by atoms with E-state index < -0.39 is 227 Å². The van der Waals surface area contributed by atoms with Crippen molar-refractivity contribution in [1.29, 1.82) is 0 Å². The molecule has 2 aromatic heterocycles. The number of aliphatic hydroxyl groups is 1. The van der Waals surface area contributed by atoms with Crippen molar-refractivity contribution in [2.75, 3.05) is 46.5 Å². The quantitative estimate of drug-likeness (QED) is 0.0144. The number of carbonyl (C=O) groups is 18. The summed E-state index contributed by atoms with van der Waals surface area (Å²) in [6.07, 6.45) is -2.62. The number of carboxylic acids is 1. The maximum Gasteiger partial charge on any atom is 0.303 e. The minimum absolute atomic E-state index is 0.0903. The number of likely N-dealkylation sites (N-methyl/N-ethyl adjacent to an activating group) is 1. The molecule has 8 rings (SSSR count). The first-order valence-electron chi connectivity index (χ1n) is 43.5. The number of fused-ring (bicyclic) bond motifs is 2. The minimum Gasteiger partial charge on any atom is -0.492 e. The number of nitrogens with zero attached hydrogens (tertiary/aromatic N) is 2. The lowest BCUT2D eigenvalue weighted by atomic mass is 9.87. The first-order chi connectivity index (χ1) is 63.4. The monoisotopic (exact) mass is 1900 g/mol. The summed E-state index contributed by atoms with van der Waals surface area (Å²) in [5.41, 5.74) is 23.5. The number of primary amides is 3. The number of carbonyl (C=O) groups excluding carboxylic acids is 17. The molecule has 0 spiro atoms. The summed E-state index contributed by atoms with van der Waals surface area (Å²) < 4.78 is 8.25. The van der Waals surface area contributed by atoms with Gasteiger partial charge in [0.25, 0.3) is 0 Å². The molecule has 44 heteroatoms. The second-order valence-corrected chi connectivity index (χ2v) is 37.6. The molecule has 4 aromatic carbocycles. The van der Waals surface area contributed by atoms with Crippen LogP contribution >= 0.6 is 21.6 Å². The minimum atomic E-state index is -2.10. The van der Waals surface area contributed by atoms with Gasteiger partial charge in [-0.05, 0) is 124 Å². The third-order valence-corrected chi connectivity index (χ3v) is 26.6. The molecule has 0 saturated carbocycles. The Hall–Kier alpha value is -13.3. The van der Waals surface area contributed by atoms with E-state index in [9.17, 15) is 67.7 Å². The molecule has 42 nitrogen and oxygen atoms in total. The molecule has 17 amide bonds. The summed E-state index contributed by atoms with van der Waals surface area (Å²) in [5, 5.41) is 57.7. The number of hydrogen-bond acceptors (Lipinski definition) is 25. The third kappa shape index (κ3) is 31.4. The van der Waals surface area contributed by atoms with Crippen molar-refractivity contribution in [2.24, 2.45) is 22.9 Å². The number of aromatic nitrogens is 2. The van der Waals surface area contributed by atoms with E-state index >= 15 is 28.8 Å². The third-order valence-electron chi connectivity index (χ3n) is 22.4. The maximum absolute atomic E-state index is 16.4. The molecule has 0 aliphatic carbocycles. The molecule has 2 aliphatic heterocycles. The smallest absolute Gasteiger partial charge is 0.303 e. The van der Waals surface area contributed by atoms with Crippen molar-refractivity contribution >= 4 is 150 Å². The normalized spacial score (nSPS) is 19.5. The summed E-state index contributed by atoms with van der Waals surface area (Å²) in [6.45, 7) is 10.7. The van der Waals surface area contributed by atoms with E-state index in [1.807, 2.05) is 19.1 Å². The molecule has 1 unspecified atom stereocenters. The van der Waals surface area contributed by atoms with Crippen molar-refractivity contribution in [3.05, 3.63) is 143 Å². The van der Waals surface area contributed by atoms with Gasteiger partial charge in [-0.25, -0.2) is 0 Å². The lowest BCUT2D eigenvalue weighted by molar-refractivity contribution is -0.142. The second kappa shape index (κ2) is 49.4. The highest BCUT2D eigenvalue weighted by atomic mass is 33.1. The van der Waals surface area contributed by atoms with Crippen molar-refractivity contribution in [1.82, 2.24) is 84.0 Å². The molecular formula is C90H120N20O22S2. The molecule has 134 heavy (non-hydrogen) atoms. The zero-order chi connectivity index (χ0) is 98.5. The van der Waals surface area contributed by atoms with Crippen molar-refractivity contribution < 1.29 is 106 Å². The fourth-order valence-electron chi connectivity index (χ4n) is 15.1. The molecule has 0 radical (unpaired) electrons. The van der Waals surface area contributed by atoms with E-state index in [0.29, 0.717) is 44.3 Å². The summed E-state index contributed by atoms with van der Waals surface area (Å²) in [6, 6.07) is 7.53. The van der Waals surface area contributed by atoms with Crippen LogP contribution in [0.3, 0.4) is 0 Å². The highest BCUT2D eigenvalue weighted by molar-refractivity contribution is 8.77. The fraction of sp³-hybridized carbons (Fsp3) is 0.478. The zero-order valence-corrected chi connectivity index (χ0v) is 77.5. The molecule has 2 saturated heterocycles. The number of aliphatic hydroxyl groups excluding tert-OH is 1. The number of para-hydroxylation sites is 1. The van der Waals surface area contributed by atoms with Crippen molar-refractivity contribution in [3.63, 3.8) is 0 Å². The lowest BCUT2D eigenvalue weighted by Crippen LogP contribution is -2.67. The fourth-order valence-corrected chi connectivity index (χ4v) is 18.0. The van der Waals surface area contributed by atoms with Crippen LogP contribution in [0.15, 0.2) is 116 Å². The van der Waals surface area contributed by atoms with E-state index in [-0.39, 0.29) is 90.2 Å². The number of nitrogens with two attached hydrogens (primary N) is 4. The topological polar surface area (TPSA) is 659 Å². The molecule has 12 atom stereocenters. The summed E-state index contributed by atoms with van der Waals surface area (Å²) in [7, 11) is 3.01. The molecule has 2 aliphatic rings. The number of hydrogen-bond donors (Lipinski definition) is 20. The van der Waals surface area contributed by atoms with Crippen LogP contribution in [0.25, 0.3) is 21.7 Å². The number of nitrogens with one attached hydrogen (secondary N) is 14. The number of benzene rings is 4. The van der Waals surface area contributed by atoms with Crippen LogP contribution in [0.2, 0.25) is 0 Å². The van der Waals surface area contributed by atoms with Gasteiger partial charge in [-0.3, -0.25) is 91.3 Å². The van der Waals surface area contributed by atoms with Gasteiger partial charge in [-0.2, -0.15) is 0 Å². The lowest BCUT2D eigenvalue weighted by Gasteiger charge is -2.39. The van der Waals surface area contributed by atoms with Gasteiger partial charge < -0.3 is 122 Å². The zero-order valence-electron chi connectivity index (χ0n) is 75.9. The molecule has 2 fully saturated rings. The van der Waals surface area contributed by atoms with Crippen molar-refractivity contribution in [3.8, 4) is 5.75 Å². The number of aromatic amines is 1. The average Bonchev–Trinajstić information content (AvgIpc) is 1.79. The van der Waals surface area contributed by atoms with Crippen LogP contribution in [0.4, 0.5) is 0 Å². The van der Waals surface area contributed by atoms with E-state index in [4.69, 9.17) is 32.4 Å². The highest BCUT2D eigenvalue weighted by Gasteiger charge is 2.49. The Labute approximate surface area is 780 Å². The number of aryl methyl sites for hydroxylation is 1. The molecular weight excluding hydrogens is 1780 g/mol. The van der Waals surface area contributed by atoms with Gasteiger partial charge in [0.15, 0.2) is 0 Å². The Morgan fingerprint density at radius 3 is 1.88 bits per heavy atom. The van der Waals surface area contributed by atoms with Crippen LogP contribution in [0.1, 0.15) is 134 Å². The van der Waals surface area contributed by atoms with Crippen LogP contribution < -0.4 is 96.8 Å². The predicted octanol–water partition coefficient (Wildman–Crippen LogP) is -2.15. The Bertz CT molecular complexity index is 5270. The molecule has 24 N–H and O–H groups in total. The second-order valence-electron chi connectivity index (χ2n) is 34.2. The van der Waals surface area contributed by atoms with Gasteiger partial charge in [0.1, 0.15) is 84.4 Å². The molecule has 724 valence electrons. The Kier molecular flexibility index (Phi) is 39.1. The molecule has 6 aromatic rings. The summed E-state index contributed by atoms with van der Waals surface area (Å²) in [4.78, 5) is 266. The number of unbranched alkanes of at least 4 members (excludes halogenated alkanes) is 1.